The van der Waals surface area contributed by atoms with Crippen LogP contribution in [0.1, 0.15) is 38.3 Å². The maximum atomic E-state index is 3.62. The Morgan fingerprint density at radius 3 is 2.80 bits per heavy atom. The first-order valence-corrected chi connectivity index (χ1v) is 9.01. The number of thioether (sulfide) groups is 1. The minimum atomic E-state index is 0.526. The number of nitrogens with zero attached hydrogens (tertiary/aromatic N) is 1. The molecule has 0 spiro atoms. The highest BCUT2D eigenvalue weighted by molar-refractivity contribution is 8.00. The lowest BCUT2D eigenvalue weighted by molar-refractivity contribution is 0.198. The molecule has 1 N–H and O–H groups in total. The molecule has 112 valence electrons. The maximum absolute atomic E-state index is 3.62. The molecule has 0 radical (unpaired) electrons. The van der Waals surface area contributed by atoms with Crippen LogP contribution in [0.5, 0.6) is 0 Å². The molecule has 0 aliphatic carbocycles. The van der Waals surface area contributed by atoms with Gasteiger partial charge in [0.15, 0.2) is 0 Å². The number of benzene rings is 1. The van der Waals surface area contributed by atoms with E-state index in [1.807, 2.05) is 0 Å². The molecule has 0 bridgehead atoms. The van der Waals surface area contributed by atoms with Crippen molar-refractivity contribution in [2.24, 2.45) is 0 Å². The van der Waals surface area contributed by atoms with Crippen LogP contribution in [-0.4, -0.2) is 42.1 Å². The zero-order valence-corrected chi connectivity index (χ0v) is 13.7. The van der Waals surface area contributed by atoms with Crippen LogP contribution in [0.2, 0.25) is 0 Å². The predicted molar refractivity (Wildman–Crippen MR) is 90.5 cm³/mol. The second-order valence-corrected chi connectivity index (χ2v) is 6.93. The molecule has 2 atom stereocenters. The summed E-state index contributed by atoms with van der Waals surface area (Å²) in [6.07, 6.45) is 2.49. The van der Waals surface area contributed by atoms with Crippen LogP contribution >= 0.6 is 11.8 Å². The Morgan fingerprint density at radius 1 is 1.30 bits per heavy atom. The Hall–Kier alpha value is -0.510. The Kier molecular flexibility index (Phi) is 6.91. The molecule has 1 aromatic carbocycles. The van der Waals surface area contributed by atoms with Gasteiger partial charge in [0.2, 0.25) is 0 Å². The lowest BCUT2D eigenvalue weighted by Crippen LogP contribution is -2.43. The van der Waals surface area contributed by atoms with Gasteiger partial charge < -0.3 is 5.32 Å². The smallest absolute Gasteiger partial charge is 0.0473 e. The minimum absolute atomic E-state index is 0.526. The molecule has 2 nitrogen and oxygen atoms in total. The Morgan fingerprint density at radius 2 is 2.10 bits per heavy atom. The molecule has 1 aromatic rings. The first-order valence-electron chi connectivity index (χ1n) is 7.96. The molecule has 3 heteroatoms. The molecule has 2 unspecified atom stereocenters. The third-order valence-corrected chi connectivity index (χ3v) is 5.39. The molecule has 2 rings (SSSR count). The van der Waals surface area contributed by atoms with E-state index in [9.17, 15) is 0 Å². The molecule has 20 heavy (non-hydrogen) atoms. The Labute approximate surface area is 128 Å². The van der Waals surface area contributed by atoms with Gasteiger partial charge in [0.1, 0.15) is 0 Å². The molecular formula is C17H28N2S. The van der Waals surface area contributed by atoms with Crippen LogP contribution < -0.4 is 5.32 Å². The minimum Gasteiger partial charge on any atom is -0.315 e. The quantitative estimate of drug-likeness (QED) is 0.774. The van der Waals surface area contributed by atoms with E-state index in [4.69, 9.17) is 0 Å². The van der Waals surface area contributed by atoms with Gasteiger partial charge in [-0.15, -0.1) is 0 Å². The van der Waals surface area contributed by atoms with Crippen molar-refractivity contribution in [3.05, 3.63) is 35.9 Å². The number of hydrogen-bond acceptors (Lipinski definition) is 3. The van der Waals surface area contributed by atoms with Crippen molar-refractivity contribution in [2.45, 2.75) is 38.0 Å². The summed E-state index contributed by atoms with van der Waals surface area (Å²) in [5.41, 5.74) is 1.46. The number of rotatable bonds is 7. The van der Waals surface area contributed by atoms with Crippen LogP contribution in [0.25, 0.3) is 0 Å². The van der Waals surface area contributed by atoms with E-state index in [0.717, 1.165) is 18.3 Å². The summed E-state index contributed by atoms with van der Waals surface area (Å²) in [4.78, 5) is 2.68. The van der Waals surface area contributed by atoms with Gasteiger partial charge in [0.05, 0.1) is 0 Å². The Bertz CT molecular complexity index is 369. The molecule has 1 heterocycles. The topological polar surface area (TPSA) is 15.3 Å². The number of nitrogens with one attached hydrogen (secondary N) is 1. The van der Waals surface area contributed by atoms with E-state index in [-0.39, 0.29) is 0 Å². The second kappa shape index (κ2) is 8.71. The summed E-state index contributed by atoms with van der Waals surface area (Å²) in [5.74, 6) is 1.27. The largest absolute Gasteiger partial charge is 0.315 e. The van der Waals surface area contributed by atoms with E-state index in [1.54, 1.807) is 0 Å². The first kappa shape index (κ1) is 15.9. The average molecular weight is 292 g/mol. The molecular weight excluding hydrogens is 264 g/mol. The van der Waals surface area contributed by atoms with E-state index in [2.05, 4.69) is 66.2 Å². The summed E-state index contributed by atoms with van der Waals surface area (Å²) in [6, 6.07) is 11.5. The lowest BCUT2D eigenvalue weighted by Gasteiger charge is -2.38. The molecule has 1 aliphatic rings. The van der Waals surface area contributed by atoms with Gasteiger partial charge in [-0.1, -0.05) is 44.2 Å². The van der Waals surface area contributed by atoms with Crippen molar-refractivity contribution in [3.63, 3.8) is 0 Å². The van der Waals surface area contributed by atoms with Gasteiger partial charge in [-0.25, -0.2) is 0 Å². The van der Waals surface area contributed by atoms with Gasteiger partial charge in [-0.05, 0) is 24.9 Å². The van der Waals surface area contributed by atoms with Crippen molar-refractivity contribution in [1.29, 1.82) is 0 Å². The van der Waals surface area contributed by atoms with Gasteiger partial charge in [0, 0.05) is 36.7 Å². The molecule has 0 saturated carbocycles. The monoisotopic (exact) mass is 292 g/mol. The SMILES string of the molecule is CCCNCC(c1ccccc1)N1CCSC(CC)C1. The van der Waals surface area contributed by atoms with Crippen molar-refractivity contribution < 1.29 is 0 Å². The maximum Gasteiger partial charge on any atom is 0.0473 e. The van der Waals surface area contributed by atoms with Crippen molar-refractivity contribution in [3.8, 4) is 0 Å². The van der Waals surface area contributed by atoms with Gasteiger partial charge >= 0.3 is 0 Å². The highest BCUT2D eigenvalue weighted by atomic mass is 32.2. The summed E-state index contributed by atoms with van der Waals surface area (Å²) in [7, 11) is 0. The van der Waals surface area contributed by atoms with Crippen molar-refractivity contribution >= 4 is 11.8 Å². The molecule has 0 amide bonds. The van der Waals surface area contributed by atoms with E-state index in [1.165, 1.54) is 37.2 Å². The van der Waals surface area contributed by atoms with Crippen LogP contribution in [-0.2, 0) is 0 Å². The van der Waals surface area contributed by atoms with E-state index in [0.29, 0.717) is 6.04 Å². The third kappa shape index (κ3) is 4.51. The first-order chi connectivity index (χ1) is 9.85. The predicted octanol–water partition coefficient (Wildman–Crippen LogP) is 3.55. The summed E-state index contributed by atoms with van der Waals surface area (Å²) >= 11 is 2.15. The van der Waals surface area contributed by atoms with E-state index >= 15 is 0 Å². The van der Waals surface area contributed by atoms with Gasteiger partial charge in [0.25, 0.3) is 0 Å². The highest BCUT2D eigenvalue weighted by Gasteiger charge is 2.26. The van der Waals surface area contributed by atoms with Crippen LogP contribution in [0, 0.1) is 0 Å². The summed E-state index contributed by atoms with van der Waals surface area (Å²) in [6.45, 7) is 9.17. The van der Waals surface area contributed by atoms with Gasteiger partial charge in [-0.2, -0.15) is 11.8 Å². The zero-order valence-electron chi connectivity index (χ0n) is 12.8. The summed E-state index contributed by atoms with van der Waals surface area (Å²) < 4.78 is 0. The molecule has 1 saturated heterocycles. The van der Waals surface area contributed by atoms with E-state index < -0.39 is 0 Å². The van der Waals surface area contributed by atoms with Crippen LogP contribution in [0.4, 0.5) is 0 Å². The average Bonchev–Trinajstić information content (AvgIpc) is 2.52. The fourth-order valence-electron chi connectivity index (χ4n) is 2.82. The number of hydrogen-bond donors (Lipinski definition) is 1. The van der Waals surface area contributed by atoms with Crippen LogP contribution in [0.3, 0.4) is 0 Å². The zero-order chi connectivity index (χ0) is 14.2. The molecule has 1 fully saturated rings. The lowest BCUT2D eigenvalue weighted by atomic mass is 10.0. The standard InChI is InChI=1S/C17H28N2S/c1-3-10-18-13-17(15-8-6-5-7-9-15)19-11-12-20-16(4-2)14-19/h5-9,16-18H,3-4,10-14H2,1-2H3. The third-order valence-electron chi connectivity index (χ3n) is 4.02. The second-order valence-electron chi connectivity index (χ2n) is 5.53. The Balaban J connectivity index is 2.05. The highest BCUT2D eigenvalue weighted by Crippen LogP contribution is 2.28. The fraction of sp³-hybridized carbons (Fsp3) is 0.647. The van der Waals surface area contributed by atoms with Crippen molar-refractivity contribution in [2.75, 3.05) is 31.9 Å². The normalized spacial score (nSPS) is 21.8. The van der Waals surface area contributed by atoms with Crippen molar-refractivity contribution in [1.82, 2.24) is 10.2 Å². The fourth-order valence-corrected chi connectivity index (χ4v) is 4.03. The van der Waals surface area contributed by atoms with Gasteiger partial charge in [-0.3, -0.25) is 4.90 Å². The molecule has 1 aliphatic heterocycles. The summed E-state index contributed by atoms with van der Waals surface area (Å²) in [5, 5.41) is 4.42. The molecule has 0 aromatic heterocycles. The van der Waals surface area contributed by atoms with Crippen LogP contribution in [0.15, 0.2) is 30.3 Å².